The highest BCUT2D eigenvalue weighted by atomic mass is 16.7. The molecule has 1 fully saturated rings. The molecule has 0 bridgehead atoms. The Balaban J connectivity index is 1.40. The lowest BCUT2D eigenvalue weighted by molar-refractivity contribution is -0.0229. The fourth-order valence-electron chi connectivity index (χ4n) is 3.58. The maximum absolute atomic E-state index is 11.9. The highest BCUT2D eigenvalue weighted by molar-refractivity contribution is 5.78. The van der Waals surface area contributed by atoms with Crippen molar-refractivity contribution in [3.63, 3.8) is 0 Å². The second-order valence-corrected chi connectivity index (χ2v) is 6.36. The number of benzene rings is 2. The molecule has 2 aliphatic rings. The topological polar surface area (TPSA) is 65.0 Å². The molecule has 1 unspecified atom stereocenters. The largest absolute Gasteiger partial charge is 0.508 e. The molecule has 2 atom stereocenters. The molecule has 1 aliphatic heterocycles. The Kier molecular flexibility index (Phi) is 4.42. The monoisotopic (exact) mass is 340 g/mol. The first-order valence-corrected chi connectivity index (χ1v) is 8.51. The first kappa shape index (κ1) is 16.1. The third-order valence-electron chi connectivity index (χ3n) is 4.87. The molecule has 2 aromatic carbocycles. The van der Waals surface area contributed by atoms with Gasteiger partial charge in [0.25, 0.3) is 0 Å². The van der Waals surface area contributed by atoms with Gasteiger partial charge in [-0.3, -0.25) is 0 Å². The van der Waals surface area contributed by atoms with Crippen LogP contribution >= 0.6 is 0 Å². The molecule has 0 saturated carbocycles. The number of ether oxygens (including phenoxy) is 3. The quantitative estimate of drug-likeness (QED) is 0.867. The lowest BCUT2D eigenvalue weighted by Gasteiger charge is -2.16. The molecule has 1 N–H and O–H groups in total. The van der Waals surface area contributed by atoms with Crippen molar-refractivity contribution in [1.29, 1.82) is 0 Å². The van der Waals surface area contributed by atoms with Gasteiger partial charge in [-0.05, 0) is 28.7 Å². The van der Waals surface area contributed by atoms with Gasteiger partial charge in [0.2, 0.25) is 0 Å². The average Bonchev–Trinajstić information content (AvgIpc) is 3.19. The maximum atomic E-state index is 11.9. The number of aliphatic hydroxyl groups is 1. The number of carbonyl (C=O) groups excluding carboxylic acids is 1. The number of hydrogen-bond donors (Lipinski definition) is 1. The number of carbonyl (C=O) groups is 1. The van der Waals surface area contributed by atoms with Crippen LogP contribution in [0, 0.1) is 0 Å². The van der Waals surface area contributed by atoms with Crippen LogP contribution < -0.4 is 0 Å². The van der Waals surface area contributed by atoms with E-state index in [4.69, 9.17) is 14.2 Å². The van der Waals surface area contributed by atoms with Crippen molar-refractivity contribution in [2.45, 2.75) is 24.5 Å². The Morgan fingerprint density at radius 1 is 1.00 bits per heavy atom. The number of rotatable bonds is 4. The minimum absolute atomic E-state index is 0.00766. The van der Waals surface area contributed by atoms with Crippen LogP contribution in [0.2, 0.25) is 0 Å². The van der Waals surface area contributed by atoms with Crippen LogP contribution in [0.3, 0.4) is 0 Å². The van der Waals surface area contributed by atoms with Gasteiger partial charge in [-0.1, -0.05) is 48.5 Å². The van der Waals surface area contributed by atoms with Gasteiger partial charge in [0.1, 0.15) is 19.3 Å². The van der Waals surface area contributed by atoms with Crippen LogP contribution in [-0.4, -0.2) is 43.3 Å². The summed E-state index contributed by atoms with van der Waals surface area (Å²) in [4.78, 5) is 11.9. The minimum Gasteiger partial charge on any atom is -0.433 e. The molecule has 0 amide bonds. The highest BCUT2D eigenvalue weighted by Crippen LogP contribution is 2.44. The van der Waals surface area contributed by atoms with Gasteiger partial charge in [-0.2, -0.15) is 0 Å². The summed E-state index contributed by atoms with van der Waals surface area (Å²) in [7, 11) is 0. The molecular weight excluding hydrogens is 320 g/mol. The number of fused-ring (bicyclic) bond motifs is 3. The first-order valence-electron chi connectivity index (χ1n) is 8.51. The standard InChI is InChI=1S/C20H20O5/c21-18-9-10-23-19(18)12-25-20(22)24-11-17-15-7-3-1-5-13(15)14-6-2-4-8-16(14)17/h1-8,17-19,21H,9-12H2/t18-,19?/m1/s1. The fraction of sp³-hybridized carbons (Fsp3) is 0.350. The van der Waals surface area contributed by atoms with Crippen LogP contribution in [0.4, 0.5) is 4.79 Å². The van der Waals surface area contributed by atoms with Gasteiger partial charge in [-0.15, -0.1) is 0 Å². The van der Waals surface area contributed by atoms with Crippen LogP contribution in [-0.2, 0) is 14.2 Å². The minimum atomic E-state index is -0.732. The molecule has 4 rings (SSSR count). The predicted octanol–water partition coefficient (Wildman–Crippen LogP) is 3.10. The summed E-state index contributed by atoms with van der Waals surface area (Å²) in [5, 5.41) is 9.67. The highest BCUT2D eigenvalue weighted by Gasteiger charge is 2.30. The Morgan fingerprint density at radius 3 is 2.20 bits per heavy atom. The molecule has 1 aliphatic carbocycles. The van der Waals surface area contributed by atoms with Crippen molar-refractivity contribution in [3.8, 4) is 11.1 Å². The molecule has 0 aromatic heterocycles. The summed E-state index contributed by atoms with van der Waals surface area (Å²) in [5.74, 6) is 0.00766. The molecule has 1 saturated heterocycles. The van der Waals surface area contributed by atoms with Gasteiger partial charge >= 0.3 is 6.16 Å². The van der Waals surface area contributed by atoms with Gasteiger partial charge < -0.3 is 19.3 Å². The summed E-state index contributed by atoms with van der Waals surface area (Å²) >= 11 is 0. The molecule has 0 spiro atoms. The zero-order valence-electron chi connectivity index (χ0n) is 13.8. The third-order valence-corrected chi connectivity index (χ3v) is 4.87. The van der Waals surface area contributed by atoms with Crippen molar-refractivity contribution in [2.24, 2.45) is 0 Å². The molecule has 5 heteroatoms. The summed E-state index contributed by atoms with van der Waals surface area (Å²) in [6, 6.07) is 16.3. The van der Waals surface area contributed by atoms with Crippen LogP contribution in [0.15, 0.2) is 48.5 Å². The maximum Gasteiger partial charge on any atom is 0.508 e. The van der Waals surface area contributed by atoms with Crippen molar-refractivity contribution < 1.29 is 24.1 Å². The van der Waals surface area contributed by atoms with Crippen molar-refractivity contribution in [2.75, 3.05) is 19.8 Å². The second kappa shape index (κ2) is 6.86. The van der Waals surface area contributed by atoms with Gasteiger partial charge in [-0.25, -0.2) is 4.79 Å². The SMILES string of the molecule is O=C(OCC1c2ccccc2-c2ccccc21)OCC1OCC[C@H]1O. The summed E-state index contributed by atoms with van der Waals surface area (Å²) in [5.41, 5.74) is 4.68. The van der Waals surface area contributed by atoms with Crippen molar-refractivity contribution in [3.05, 3.63) is 59.7 Å². The lowest BCUT2D eigenvalue weighted by atomic mass is 9.98. The second-order valence-electron chi connectivity index (χ2n) is 6.36. The van der Waals surface area contributed by atoms with E-state index in [1.165, 1.54) is 11.1 Å². The molecule has 130 valence electrons. The Morgan fingerprint density at radius 2 is 1.60 bits per heavy atom. The zero-order chi connectivity index (χ0) is 17.2. The molecule has 25 heavy (non-hydrogen) atoms. The van der Waals surface area contributed by atoms with Crippen molar-refractivity contribution >= 4 is 6.16 Å². The Bertz CT molecular complexity index is 727. The van der Waals surface area contributed by atoms with E-state index in [0.717, 1.165) is 11.1 Å². The summed E-state index contributed by atoms with van der Waals surface area (Å²) < 4.78 is 15.7. The van der Waals surface area contributed by atoms with E-state index in [1.54, 1.807) is 0 Å². The lowest BCUT2D eigenvalue weighted by Crippen LogP contribution is -2.28. The zero-order valence-corrected chi connectivity index (χ0v) is 13.8. The Hall–Kier alpha value is -2.37. The first-order chi connectivity index (χ1) is 12.2. The van der Waals surface area contributed by atoms with E-state index >= 15 is 0 Å². The number of hydrogen-bond acceptors (Lipinski definition) is 5. The molecule has 2 aromatic rings. The van der Waals surface area contributed by atoms with Gasteiger partial charge in [0.15, 0.2) is 0 Å². The van der Waals surface area contributed by atoms with E-state index < -0.39 is 18.4 Å². The molecule has 5 nitrogen and oxygen atoms in total. The van der Waals surface area contributed by atoms with Crippen LogP contribution in [0.1, 0.15) is 23.5 Å². The smallest absolute Gasteiger partial charge is 0.433 e. The van der Waals surface area contributed by atoms with E-state index in [-0.39, 0.29) is 19.1 Å². The summed E-state index contributed by atoms with van der Waals surface area (Å²) in [6.07, 6.45) is -1.20. The fourth-order valence-corrected chi connectivity index (χ4v) is 3.58. The van der Waals surface area contributed by atoms with Crippen molar-refractivity contribution in [1.82, 2.24) is 0 Å². The van der Waals surface area contributed by atoms with E-state index in [0.29, 0.717) is 13.0 Å². The van der Waals surface area contributed by atoms with Crippen LogP contribution in [0.5, 0.6) is 0 Å². The number of aliphatic hydroxyl groups excluding tert-OH is 1. The normalized spacial score (nSPS) is 21.6. The predicted molar refractivity (Wildman–Crippen MR) is 91.4 cm³/mol. The molecule has 1 heterocycles. The molecular formula is C20H20O5. The Labute approximate surface area is 146 Å². The molecule has 0 radical (unpaired) electrons. The van der Waals surface area contributed by atoms with Gasteiger partial charge in [0.05, 0.1) is 6.10 Å². The third kappa shape index (κ3) is 3.13. The summed E-state index contributed by atoms with van der Waals surface area (Å²) in [6.45, 7) is 0.721. The van der Waals surface area contributed by atoms with E-state index in [2.05, 4.69) is 24.3 Å². The van der Waals surface area contributed by atoms with E-state index in [9.17, 15) is 9.90 Å². The average molecular weight is 340 g/mol. The van der Waals surface area contributed by atoms with Gasteiger partial charge in [0, 0.05) is 12.5 Å². The van der Waals surface area contributed by atoms with Crippen LogP contribution in [0.25, 0.3) is 11.1 Å². The van der Waals surface area contributed by atoms with E-state index in [1.807, 2.05) is 24.3 Å².